The molecule has 2 heterocycles. The molecule has 6 heteroatoms. The Labute approximate surface area is 117 Å². The van der Waals surface area contributed by atoms with Gasteiger partial charge in [-0.25, -0.2) is 0 Å². The molecule has 1 unspecified atom stereocenters. The molecule has 4 nitrogen and oxygen atoms in total. The Bertz CT molecular complexity index is 702. The average Bonchev–Trinajstić information content (AvgIpc) is 2.83. The molecule has 3 aromatic rings. The third-order valence-electron chi connectivity index (χ3n) is 2.53. The van der Waals surface area contributed by atoms with Gasteiger partial charge in [-0.3, -0.25) is 4.98 Å². The molecule has 19 heavy (non-hydrogen) atoms. The first-order chi connectivity index (χ1) is 9.22. The van der Waals surface area contributed by atoms with Crippen LogP contribution in [0.25, 0.3) is 11.1 Å². The van der Waals surface area contributed by atoms with E-state index < -0.39 is 11.2 Å². The molecule has 0 aliphatic carbocycles. The number of hydrogen-bond donors (Lipinski definition) is 0. The maximum absolute atomic E-state index is 12.2. The van der Waals surface area contributed by atoms with Gasteiger partial charge in [-0.1, -0.05) is 17.7 Å². The third kappa shape index (κ3) is 2.73. The fourth-order valence-corrected chi connectivity index (χ4v) is 2.77. The number of pyridine rings is 1. The summed E-state index contributed by atoms with van der Waals surface area (Å²) in [5.74, 6) is 0.279. The first kappa shape index (κ1) is 12.5. The molecule has 0 N–H and O–H groups in total. The fraction of sp³-hybridized carbons (Fsp3) is 0.0769. The van der Waals surface area contributed by atoms with Gasteiger partial charge < -0.3 is 8.97 Å². The van der Waals surface area contributed by atoms with Crippen LogP contribution in [0.3, 0.4) is 0 Å². The van der Waals surface area contributed by atoms with E-state index in [4.69, 9.17) is 16.0 Å². The van der Waals surface area contributed by atoms with Gasteiger partial charge in [-0.2, -0.15) is 4.98 Å². The van der Waals surface area contributed by atoms with Gasteiger partial charge in [0.05, 0.1) is 16.9 Å². The fourth-order valence-electron chi connectivity index (χ4n) is 1.66. The SMILES string of the molecule is [O-][S+](Cc1ccccn1)c1nc2cc(Cl)ccc2o1. The standard InChI is InChI=1S/C13H9ClN2O2S/c14-9-4-5-12-11(7-9)16-13(18-12)19(17)8-10-3-1-2-6-15-10/h1-7H,8H2. The highest BCUT2D eigenvalue weighted by atomic mass is 35.5. The topological polar surface area (TPSA) is 62.0 Å². The van der Waals surface area contributed by atoms with Crippen LogP contribution in [0.15, 0.2) is 52.2 Å². The molecule has 0 aliphatic rings. The van der Waals surface area contributed by atoms with Crippen molar-refractivity contribution < 1.29 is 8.97 Å². The smallest absolute Gasteiger partial charge is 0.416 e. The zero-order valence-corrected chi connectivity index (χ0v) is 11.3. The molecule has 0 bridgehead atoms. The van der Waals surface area contributed by atoms with Gasteiger partial charge in [0.25, 0.3) is 0 Å². The monoisotopic (exact) mass is 292 g/mol. The van der Waals surface area contributed by atoms with E-state index in [9.17, 15) is 4.55 Å². The number of oxazole rings is 1. The van der Waals surface area contributed by atoms with Crippen molar-refractivity contribution in [1.82, 2.24) is 9.97 Å². The second-order valence-electron chi connectivity index (χ2n) is 3.90. The molecule has 96 valence electrons. The van der Waals surface area contributed by atoms with Crippen LogP contribution < -0.4 is 0 Å². The molecular weight excluding hydrogens is 284 g/mol. The quantitative estimate of drug-likeness (QED) is 0.696. The number of halogens is 1. The van der Waals surface area contributed by atoms with Crippen LogP contribution >= 0.6 is 11.6 Å². The van der Waals surface area contributed by atoms with Crippen molar-refractivity contribution in [2.24, 2.45) is 0 Å². The van der Waals surface area contributed by atoms with Crippen LogP contribution in [0, 0.1) is 0 Å². The van der Waals surface area contributed by atoms with Crippen molar-refractivity contribution in [3.63, 3.8) is 0 Å². The van der Waals surface area contributed by atoms with E-state index in [0.29, 0.717) is 16.1 Å². The second-order valence-corrected chi connectivity index (χ2v) is 5.67. The van der Waals surface area contributed by atoms with E-state index in [1.807, 2.05) is 18.2 Å². The van der Waals surface area contributed by atoms with E-state index in [2.05, 4.69) is 9.97 Å². The normalized spacial score (nSPS) is 12.7. The maximum atomic E-state index is 12.2. The van der Waals surface area contributed by atoms with Gasteiger partial charge >= 0.3 is 5.22 Å². The highest BCUT2D eigenvalue weighted by Gasteiger charge is 2.20. The molecule has 0 radical (unpaired) electrons. The van der Waals surface area contributed by atoms with Crippen molar-refractivity contribution in [2.75, 3.05) is 0 Å². The van der Waals surface area contributed by atoms with Crippen LogP contribution in [0.5, 0.6) is 0 Å². The summed E-state index contributed by atoms with van der Waals surface area (Å²) in [6, 6.07) is 10.6. The summed E-state index contributed by atoms with van der Waals surface area (Å²) >= 11 is 4.51. The molecule has 0 amide bonds. The first-order valence-electron chi connectivity index (χ1n) is 5.57. The van der Waals surface area contributed by atoms with Crippen molar-refractivity contribution in [2.45, 2.75) is 11.0 Å². The van der Waals surface area contributed by atoms with Crippen molar-refractivity contribution in [1.29, 1.82) is 0 Å². The van der Waals surface area contributed by atoms with Gasteiger partial charge in [-0.05, 0) is 30.3 Å². The summed E-state index contributed by atoms with van der Waals surface area (Å²) in [7, 11) is 0. The number of benzene rings is 1. The van der Waals surface area contributed by atoms with E-state index >= 15 is 0 Å². The number of hydrogen-bond acceptors (Lipinski definition) is 4. The summed E-state index contributed by atoms with van der Waals surface area (Å²) in [4.78, 5) is 8.32. The van der Waals surface area contributed by atoms with Crippen LogP contribution in [-0.2, 0) is 16.9 Å². The molecule has 2 aromatic heterocycles. The lowest BCUT2D eigenvalue weighted by Crippen LogP contribution is -2.06. The minimum Gasteiger partial charge on any atom is -0.607 e. The van der Waals surface area contributed by atoms with Crippen LogP contribution in [0.2, 0.25) is 5.02 Å². The molecule has 1 atom stereocenters. The molecule has 3 rings (SSSR count). The van der Waals surface area contributed by atoms with E-state index in [1.165, 1.54) is 0 Å². The predicted octanol–water partition coefficient (Wildman–Crippen LogP) is 3.18. The van der Waals surface area contributed by atoms with Crippen molar-refractivity contribution in [3.8, 4) is 0 Å². The summed E-state index contributed by atoms with van der Waals surface area (Å²) in [5.41, 5.74) is 1.92. The third-order valence-corrected chi connectivity index (χ3v) is 3.89. The van der Waals surface area contributed by atoms with Crippen LogP contribution in [0.1, 0.15) is 5.69 Å². The van der Waals surface area contributed by atoms with Gasteiger partial charge in [0.2, 0.25) is 0 Å². The number of nitrogens with zero attached hydrogens (tertiary/aromatic N) is 2. The highest BCUT2D eigenvalue weighted by Crippen LogP contribution is 2.23. The Hall–Kier alpha value is -1.56. The zero-order valence-electron chi connectivity index (χ0n) is 9.75. The second kappa shape index (κ2) is 5.21. The van der Waals surface area contributed by atoms with Gasteiger partial charge in [-0.15, -0.1) is 0 Å². The van der Waals surface area contributed by atoms with Gasteiger partial charge in [0, 0.05) is 11.2 Å². The Kier molecular flexibility index (Phi) is 3.42. The molecule has 0 fully saturated rings. The van der Waals surface area contributed by atoms with E-state index in [1.54, 1.807) is 24.4 Å². The van der Waals surface area contributed by atoms with E-state index in [-0.39, 0.29) is 11.0 Å². The Morgan fingerprint density at radius 2 is 2.16 bits per heavy atom. The molecule has 1 aromatic carbocycles. The zero-order chi connectivity index (χ0) is 13.2. The summed E-state index contributed by atoms with van der Waals surface area (Å²) in [6.45, 7) is 0. The minimum atomic E-state index is -1.36. The van der Waals surface area contributed by atoms with Gasteiger partial charge in [0.15, 0.2) is 11.3 Å². The molecule has 0 saturated heterocycles. The number of rotatable bonds is 3. The summed E-state index contributed by atoms with van der Waals surface area (Å²) < 4.78 is 17.6. The van der Waals surface area contributed by atoms with Crippen LogP contribution in [0.4, 0.5) is 0 Å². The first-order valence-corrected chi connectivity index (χ1v) is 7.26. The van der Waals surface area contributed by atoms with E-state index in [0.717, 1.165) is 5.69 Å². The average molecular weight is 293 g/mol. The van der Waals surface area contributed by atoms with Crippen molar-refractivity contribution in [3.05, 3.63) is 53.3 Å². The van der Waals surface area contributed by atoms with Gasteiger partial charge in [0.1, 0.15) is 5.52 Å². The highest BCUT2D eigenvalue weighted by molar-refractivity contribution is 7.90. The number of aromatic nitrogens is 2. The summed E-state index contributed by atoms with van der Waals surface area (Å²) in [6.07, 6.45) is 1.67. The largest absolute Gasteiger partial charge is 0.607 e. The van der Waals surface area contributed by atoms with Crippen molar-refractivity contribution >= 4 is 33.9 Å². The molecule has 0 aliphatic heterocycles. The molecule has 0 spiro atoms. The maximum Gasteiger partial charge on any atom is 0.416 e. The predicted molar refractivity (Wildman–Crippen MR) is 73.4 cm³/mol. The lowest BCUT2D eigenvalue weighted by Gasteiger charge is -2.04. The molecule has 0 saturated carbocycles. The Morgan fingerprint density at radius 1 is 1.26 bits per heavy atom. The summed E-state index contributed by atoms with van der Waals surface area (Å²) in [5, 5.41) is 0.769. The molecular formula is C13H9ClN2O2S. The number of fused-ring (bicyclic) bond motifs is 1. The Balaban J connectivity index is 1.87. The Morgan fingerprint density at radius 3 is 2.95 bits per heavy atom. The lowest BCUT2D eigenvalue weighted by atomic mass is 10.3. The minimum absolute atomic E-state index is 0.197. The van der Waals surface area contributed by atoms with Crippen LogP contribution in [-0.4, -0.2) is 14.5 Å². The lowest BCUT2D eigenvalue weighted by molar-refractivity contribution is 0.457.